The lowest BCUT2D eigenvalue weighted by atomic mass is 9.87. The Kier molecular flexibility index (Phi) is 6.23. The number of halogens is 2. The van der Waals surface area contributed by atoms with Crippen molar-refractivity contribution in [3.05, 3.63) is 92.1 Å². The average molecular weight is 560 g/mol. The van der Waals surface area contributed by atoms with Gasteiger partial charge in [-0.05, 0) is 81.6 Å². The predicted molar refractivity (Wildman–Crippen MR) is 137 cm³/mol. The molecule has 32 heavy (non-hydrogen) atoms. The highest BCUT2D eigenvalue weighted by molar-refractivity contribution is 14.1. The molecule has 6 heteroatoms. The summed E-state index contributed by atoms with van der Waals surface area (Å²) in [5.41, 5.74) is 3.14. The van der Waals surface area contributed by atoms with E-state index in [0.717, 1.165) is 14.7 Å². The van der Waals surface area contributed by atoms with Crippen molar-refractivity contribution in [2.24, 2.45) is 0 Å². The van der Waals surface area contributed by atoms with E-state index in [2.05, 4.69) is 55.5 Å². The van der Waals surface area contributed by atoms with Crippen molar-refractivity contribution in [2.75, 3.05) is 0 Å². The lowest BCUT2D eigenvalue weighted by molar-refractivity contribution is 0.0683. The first-order valence-electron chi connectivity index (χ1n) is 10.2. The minimum atomic E-state index is -1.05. The third-order valence-electron chi connectivity index (χ3n) is 5.38. The van der Waals surface area contributed by atoms with Gasteiger partial charge in [-0.15, -0.1) is 0 Å². The molecule has 4 aromatic rings. The number of aromatic carboxylic acids is 1. The molecule has 1 N–H and O–H groups in total. The summed E-state index contributed by atoms with van der Waals surface area (Å²) in [5.74, 6) is -0.187. The second-order valence-corrected chi connectivity index (χ2v) is 10.4. The van der Waals surface area contributed by atoms with E-state index in [1.807, 2.05) is 42.5 Å². The van der Waals surface area contributed by atoms with Crippen molar-refractivity contribution in [1.82, 2.24) is 4.57 Å². The van der Waals surface area contributed by atoms with E-state index >= 15 is 0 Å². The summed E-state index contributed by atoms with van der Waals surface area (Å²) >= 11 is 8.48. The highest BCUT2D eigenvalue weighted by atomic mass is 127. The number of fused-ring (bicyclic) bond motifs is 1. The minimum Gasteiger partial charge on any atom is -0.476 e. The summed E-state index contributed by atoms with van der Waals surface area (Å²) in [7, 11) is 0. The molecule has 4 nitrogen and oxygen atoms in total. The largest absolute Gasteiger partial charge is 0.476 e. The Morgan fingerprint density at radius 2 is 1.69 bits per heavy atom. The van der Waals surface area contributed by atoms with Gasteiger partial charge in [-0.1, -0.05) is 56.6 Å². The first kappa shape index (κ1) is 22.7. The Bertz CT molecular complexity index is 1290. The van der Waals surface area contributed by atoms with Crippen LogP contribution in [-0.4, -0.2) is 15.6 Å². The summed E-state index contributed by atoms with van der Waals surface area (Å²) in [4.78, 5) is 12.4. The van der Waals surface area contributed by atoms with Gasteiger partial charge >= 0.3 is 5.97 Å². The lowest BCUT2D eigenvalue weighted by Gasteiger charge is -2.19. The Balaban J connectivity index is 1.84. The van der Waals surface area contributed by atoms with E-state index in [-0.39, 0.29) is 11.1 Å². The maximum Gasteiger partial charge on any atom is 0.356 e. The van der Waals surface area contributed by atoms with Crippen molar-refractivity contribution < 1.29 is 14.6 Å². The molecule has 0 spiro atoms. The summed E-state index contributed by atoms with van der Waals surface area (Å²) < 4.78 is 8.96. The fourth-order valence-corrected chi connectivity index (χ4v) is 4.22. The predicted octanol–water partition coefficient (Wildman–Crippen LogP) is 7.74. The second-order valence-electron chi connectivity index (χ2n) is 8.73. The number of hydrogen-bond acceptors (Lipinski definition) is 2. The molecule has 4 rings (SSSR count). The van der Waals surface area contributed by atoms with Gasteiger partial charge in [-0.3, -0.25) is 0 Å². The number of aromatic nitrogens is 1. The molecular formula is C26H23ClINO3. The average Bonchev–Trinajstić information content (AvgIpc) is 3.02. The molecule has 0 saturated heterocycles. The molecule has 1 heterocycles. The number of ether oxygens (including phenoxy) is 1. The number of nitrogens with zero attached hydrogens (tertiary/aromatic N) is 1. The third-order valence-corrected chi connectivity index (χ3v) is 6.33. The Labute approximate surface area is 205 Å². The van der Waals surface area contributed by atoms with Gasteiger partial charge in [0, 0.05) is 20.5 Å². The molecule has 0 fully saturated rings. The molecule has 0 aliphatic heterocycles. The molecule has 0 aliphatic rings. The Morgan fingerprint density at radius 1 is 1.03 bits per heavy atom. The van der Waals surface area contributed by atoms with Crippen molar-refractivity contribution in [3.8, 4) is 11.5 Å². The molecule has 0 atom stereocenters. The zero-order valence-electron chi connectivity index (χ0n) is 18.0. The zero-order valence-corrected chi connectivity index (χ0v) is 20.9. The van der Waals surface area contributed by atoms with Crippen LogP contribution in [0.25, 0.3) is 10.9 Å². The smallest absolute Gasteiger partial charge is 0.356 e. The van der Waals surface area contributed by atoms with Crippen LogP contribution in [0.3, 0.4) is 0 Å². The summed E-state index contributed by atoms with van der Waals surface area (Å²) in [6.45, 7) is 6.91. The van der Waals surface area contributed by atoms with Crippen molar-refractivity contribution >= 4 is 51.1 Å². The molecular weight excluding hydrogens is 537 g/mol. The number of hydrogen-bond donors (Lipinski definition) is 1. The molecule has 0 aliphatic carbocycles. The highest BCUT2D eigenvalue weighted by Crippen LogP contribution is 2.38. The molecule has 0 amide bonds. The van der Waals surface area contributed by atoms with Gasteiger partial charge in [0.15, 0.2) is 11.4 Å². The van der Waals surface area contributed by atoms with Gasteiger partial charge in [-0.25, -0.2) is 4.79 Å². The number of carboxylic acids is 1. The molecule has 1 aromatic heterocycles. The topological polar surface area (TPSA) is 51.5 Å². The fourth-order valence-electron chi connectivity index (χ4n) is 3.69. The van der Waals surface area contributed by atoms with Gasteiger partial charge in [0.2, 0.25) is 0 Å². The van der Waals surface area contributed by atoms with Gasteiger partial charge < -0.3 is 14.4 Å². The van der Waals surface area contributed by atoms with Crippen LogP contribution in [-0.2, 0) is 12.0 Å². The molecule has 0 saturated carbocycles. The highest BCUT2D eigenvalue weighted by Gasteiger charge is 2.25. The van der Waals surface area contributed by atoms with E-state index in [1.165, 1.54) is 5.56 Å². The van der Waals surface area contributed by atoms with Gasteiger partial charge in [0.25, 0.3) is 0 Å². The number of rotatable bonds is 5. The number of benzene rings is 3. The first-order chi connectivity index (χ1) is 15.1. The monoisotopic (exact) mass is 559 g/mol. The second kappa shape index (κ2) is 8.79. The summed E-state index contributed by atoms with van der Waals surface area (Å²) in [5, 5.41) is 11.3. The first-order valence-corrected chi connectivity index (χ1v) is 11.7. The van der Waals surface area contributed by atoms with E-state index in [0.29, 0.717) is 28.5 Å². The molecule has 0 unspecified atom stereocenters. The van der Waals surface area contributed by atoms with E-state index in [1.54, 1.807) is 16.7 Å². The van der Waals surface area contributed by atoms with Crippen molar-refractivity contribution in [2.45, 2.75) is 32.7 Å². The standard InChI is InChI=1S/C26H23ClINO3/c1-26(2,3)17-6-4-16(5-7-17)15-29-22-13-8-18(27)14-21(22)24(23(29)25(30)31)32-20-11-9-19(28)10-12-20/h4-14H,15H2,1-3H3,(H,30,31). The van der Waals surface area contributed by atoms with Gasteiger partial charge in [0.1, 0.15) is 5.75 Å². The molecule has 0 bridgehead atoms. The molecule has 164 valence electrons. The van der Waals surface area contributed by atoms with E-state index in [4.69, 9.17) is 16.3 Å². The lowest BCUT2D eigenvalue weighted by Crippen LogP contribution is -2.12. The minimum absolute atomic E-state index is 0.0517. The summed E-state index contributed by atoms with van der Waals surface area (Å²) in [6, 6.07) is 21.1. The van der Waals surface area contributed by atoms with Crippen LogP contribution in [0, 0.1) is 3.57 Å². The quantitative estimate of drug-likeness (QED) is 0.255. The van der Waals surface area contributed by atoms with E-state index < -0.39 is 5.97 Å². The van der Waals surface area contributed by atoms with Crippen molar-refractivity contribution in [3.63, 3.8) is 0 Å². The Morgan fingerprint density at radius 3 is 2.28 bits per heavy atom. The zero-order chi connectivity index (χ0) is 23.0. The van der Waals surface area contributed by atoms with Crippen LogP contribution in [0.2, 0.25) is 5.02 Å². The normalized spacial score (nSPS) is 11.7. The van der Waals surface area contributed by atoms with Crippen LogP contribution in [0.5, 0.6) is 11.5 Å². The van der Waals surface area contributed by atoms with Crippen LogP contribution in [0.4, 0.5) is 0 Å². The van der Waals surface area contributed by atoms with Crippen LogP contribution in [0.15, 0.2) is 66.7 Å². The number of carbonyl (C=O) groups is 1. The van der Waals surface area contributed by atoms with Gasteiger partial charge in [0.05, 0.1) is 5.52 Å². The third kappa shape index (κ3) is 4.64. The molecule has 0 radical (unpaired) electrons. The SMILES string of the molecule is CC(C)(C)c1ccc(Cn2c(C(=O)O)c(Oc3ccc(I)cc3)c3cc(Cl)ccc32)cc1. The number of carboxylic acid groups (broad SMARTS) is 1. The van der Waals surface area contributed by atoms with Crippen molar-refractivity contribution in [1.29, 1.82) is 0 Å². The van der Waals surface area contributed by atoms with Crippen LogP contribution >= 0.6 is 34.2 Å². The maximum atomic E-state index is 12.4. The molecule has 3 aromatic carbocycles. The maximum absolute atomic E-state index is 12.4. The van der Waals surface area contributed by atoms with Crippen LogP contribution < -0.4 is 4.74 Å². The van der Waals surface area contributed by atoms with Gasteiger partial charge in [-0.2, -0.15) is 0 Å². The summed E-state index contributed by atoms with van der Waals surface area (Å²) in [6.07, 6.45) is 0. The van der Waals surface area contributed by atoms with E-state index in [9.17, 15) is 9.90 Å². The van der Waals surface area contributed by atoms with Crippen LogP contribution in [0.1, 0.15) is 42.4 Å². The Hall–Kier alpha value is -2.51. The fraction of sp³-hybridized carbons (Fsp3) is 0.192.